The van der Waals surface area contributed by atoms with Gasteiger partial charge in [0.2, 0.25) is 5.91 Å². The highest BCUT2D eigenvalue weighted by Crippen LogP contribution is 2.39. The highest BCUT2D eigenvalue weighted by molar-refractivity contribution is 6.30. The Morgan fingerprint density at radius 2 is 1.93 bits per heavy atom. The molecule has 6 rings (SSSR count). The number of anilines is 1. The molecule has 40 heavy (non-hydrogen) atoms. The zero-order valence-corrected chi connectivity index (χ0v) is 22.5. The summed E-state index contributed by atoms with van der Waals surface area (Å²) in [6.07, 6.45) is 4.95. The van der Waals surface area contributed by atoms with Crippen molar-refractivity contribution < 1.29 is 18.7 Å². The second kappa shape index (κ2) is 9.98. The van der Waals surface area contributed by atoms with Crippen molar-refractivity contribution in [2.75, 3.05) is 12.3 Å². The number of alkyl halides is 2. The lowest BCUT2D eigenvalue weighted by Crippen LogP contribution is -2.47. The van der Waals surface area contributed by atoms with Gasteiger partial charge in [0.05, 0.1) is 12.2 Å². The molecule has 0 aliphatic carbocycles. The maximum absolute atomic E-state index is 13.3. The first kappa shape index (κ1) is 26.4. The Morgan fingerprint density at radius 3 is 2.67 bits per heavy atom. The Hall–Kier alpha value is -3.82. The van der Waals surface area contributed by atoms with Crippen LogP contribution in [-0.2, 0) is 10.4 Å². The first-order valence-corrected chi connectivity index (χ1v) is 13.5. The molecule has 1 saturated heterocycles. The maximum atomic E-state index is 13.3. The minimum atomic E-state index is -2.63. The lowest BCUT2D eigenvalue weighted by Gasteiger charge is -2.39. The van der Waals surface area contributed by atoms with E-state index in [-0.39, 0.29) is 29.2 Å². The van der Waals surface area contributed by atoms with E-state index in [0.29, 0.717) is 46.3 Å². The first-order chi connectivity index (χ1) is 19.1. The Kier molecular flexibility index (Phi) is 6.59. The number of rotatable bonds is 5. The number of nitrogens with two attached hydrogens (primary N) is 1. The Balaban J connectivity index is 1.39. The van der Waals surface area contributed by atoms with E-state index in [1.165, 1.54) is 24.4 Å². The van der Waals surface area contributed by atoms with Crippen LogP contribution < -0.4 is 5.73 Å². The molecule has 206 valence electrons. The van der Waals surface area contributed by atoms with Crippen molar-refractivity contribution in [2.45, 2.75) is 50.2 Å². The Labute approximate surface area is 234 Å². The van der Waals surface area contributed by atoms with Crippen LogP contribution in [0.15, 0.2) is 66.9 Å². The molecule has 1 amide bonds. The Morgan fingerprint density at radius 1 is 1.15 bits per heavy atom. The van der Waals surface area contributed by atoms with E-state index < -0.39 is 12.0 Å². The van der Waals surface area contributed by atoms with Crippen molar-refractivity contribution in [3.05, 3.63) is 94.5 Å². The Bertz CT molecular complexity index is 1630. The van der Waals surface area contributed by atoms with E-state index in [9.17, 15) is 18.7 Å². The minimum absolute atomic E-state index is 0.0469. The quantitative estimate of drug-likeness (QED) is 0.296. The molecule has 3 N–H and O–H groups in total. The van der Waals surface area contributed by atoms with E-state index in [2.05, 4.69) is 11.1 Å². The molecule has 4 aromatic rings. The van der Waals surface area contributed by atoms with Crippen LogP contribution in [-0.4, -0.2) is 42.9 Å². The SMILES string of the molecule is C[C@@](O)(c1ccc(-c2nc([C@@H]3CC[C@H]4C=CCC(=O)N4C3)n3c(Cl)cnc(N)c23)cc1)c1cccc(C(F)F)c1. The summed E-state index contributed by atoms with van der Waals surface area (Å²) < 4.78 is 28.3. The van der Waals surface area contributed by atoms with Crippen LogP contribution in [0, 0.1) is 0 Å². The number of carbonyl (C=O) groups is 1. The minimum Gasteiger partial charge on any atom is -0.382 e. The van der Waals surface area contributed by atoms with Gasteiger partial charge in [0.15, 0.2) is 0 Å². The van der Waals surface area contributed by atoms with Crippen molar-refractivity contribution in [3.63, 3.8) is 0 Å². The summed E-state index contributed by atoms with van der Waals surface area (Å²) in [6.45, 7) is 2.11. The normalized spacial score (nSPS) is 20.6. The standard InChI is InChI=1S/C30H28ClF2N5O2/c1-30(40,21-5-2-4-18(14-21)27(32)33)20-11-8-17(9-12-20)25-26-28(34)35-15-23(31)38(26)29(36-25)19-10-13-22-6-3-7-24(39)37(22)16-19/h2-6,8-9,11-12,14-15,19,22,27,40H,7,10,13,16H2,1H3,(H2,34,35)/t19-,22-,30-/m1/s1. The van der Waals surface area contributed by atoms with Gasteiger partial charge in [0.1, 0.15) is 33.6 Å². The van der Waals surface area contributed by atoms with Crippen molar-refractivity contribution in [1.82, 2.24) is 19.3 Å². The predicted molar refractivity (Wildman–Crippen MR) is 149 cm³/mol. The van der Waals surface area contributed by atoms with E-state index in [4.69, 9.17) is 22.3 Å². The molecule has 0 bridgehead atoms. The zero-order chi connectivity index (χ0) is 28.2. The van der Waals surface area contributed by atoms with Gasteiger partial charge in [-0.05, 0) is 37.0 Å². The summed E-state index contributed by atoms with van der Waals surface area (Å²) in [7, 11) is 0. The molecular weight excluding hydrogens is 536 g/mol. The smallest absolute Gasteiger partial charge is 0.263 e. The molecule has 2 aliphatic rings. The van der Waals surface area contributed by atoms with Gasteiger partial charge >= 0.3 is 0 Å². The number of nitrogens with zero attached hydrogens (tertiary/aromatic N) is 4. The topological polar surface area (TPSA) is 96.8 Å². The number of imidazole rings is 1. The molecular formula is C30H28ClF2N5O2. The second-order valence-corrected chi connectivity index (χ2v) is 11.0. The van der Waals surface area contributed by atoms with Crippen LogP contribution in [0.1, 0.15) is 61.0 Å². The number of fused-ring (bicyclic) bond motifs is 2. The predicted octanol–water partition coefficient (Wildman–Crippen LogP) is 5.86. The van der Waals surface area contributed by atoms with Crippen molar-refractivity contribution in [1.29, 1.82) is 0 Å². The van der Waals surface area contributed by atoms with Crippen LogP contribution in [0.5, 0.6) is 0 Å². The van der Waals surface area contributed by atoms with Crippen LogP contribution in [0.3, 0.4) is 0 Å². The molecule has 2 aromatic carbocycles. The molecule has 4 heterocycles. The molecule has 10 heteroatoms. The molecule has 0 radical (unpaired) electrons. The number of aromatic nitrogens is 3. The number of halogens is 3. The molecule has 2 aromatic heterocycles. The number of amides is 1. The van der Waals surface area contributed by atoms with Gasteiger partial charge in [0, 0.05) is 30.0 Å². The number of benzene rings is 2. The lowest BCUT2D eigenvalue weighted by molar-refractivity contribution is -0.133. The molecule has 7 nitrogen and oxygen atoms in total. The van der Waals surface area contributed by atoms with Crippen LogP contribution in [0.25, 0.3) is 16.8 Å². The van der Waals surface area contributed by atoms with Gasteiger partial charge in [-0.3, -0.25) is 9.20 Å². The number of hydrogen-bond donors (Lipinski definition) is 2. The summed E-state index contributed by atoms with van der Waals surface area (Å²) in [6, 6.07) is 13.0. The molecule has 0 spiro atoms. The fraction of sp³-hybridized carbons (Fsp3) is 0.300. The van der Waals surface area contributed by atoms with Gasteiger partial charge in [-0.1, -0.05) is 66.2 Å². The maximum Gasteiger partial charge on any atom is 0.263 e. The van der Waals surface area contributed by atoms with Gasteiger partial charge < -0.3 is 15.7 Å². The van der Waals surface area contributed by atoms with Gasteiger partial charge in [-0.2, -0.15) is 0 Å². The van der Waals surface area contributed by atoms with Crippen LogP contribution in [0.2, 0.25) is 5.15 Å². The largest absolute Gasteiger partial charge is 0.382 e. The summed E-state index contributed by atoms with van der Waals surface area (Å²) in [4.78, 5) is 23.8. The van der Waals surface area contributed by atoms with Gasteiger partial charge in [0.25, 0.3) is 6.43 Å². The highest BCUT2D eigenvalue weighted by atomic mass is 35.5. The van der Waals surface area contributed by atoms with Crippen molar-refractivity contribution in [3.8, 4) is 11.3 Å². The van der Waals surface area contributed by atoms with Crippen LogP contribution >= 0.6 is 11.6 Å². The third-order valence-electron chi connectivity index (χ3n) is 8.06. The van der Waals surface area contributed by atoms with E-state index in [1.807, 2.05) is 27.5 Å². The summed E-state index contributed by atoms with van der Waals surface area (Å²) >= 11 is 6.63. The van der Waals surface area contributed by atoms with Crippen molar-refractivity contribution >= 4 is 28.8 Å². The van der Waals surface area contributed by atoms with Gasteiger partial charge in [-0.25, -0.2) is 18.7 Å². The average Bonchev–Trinajstić information content (AvgIpc) is 3.37. The average molecular weight is 564 g/mol. The third-order valence-corrected chi connectivity index (χ3v) is 8.32. The third kappa shape index (κ3) is 4.43. The van der Waals surface area contributed by atoms with Crippen LogP contribution in [0.4, 0.5) is 14.6 Å². The lowest BCUT2D eigenvalue weighted by atomic mass is 9.87. The molecule has 2 aliphatic heterocycles. The van der Waals surface area contributed by atoms with E-state index in [1.54, 1.807) is 25.1 Å². The fourth-order valence-electron chi connectivity index (χ4n) is 5.84. The summed E-state index contributed by atoms with van der Waals surface area (Å²) in [5.74, 6) is 1.04. The number of piperidine rings is 1. The number of aliphatic hydroxyl groups is 1. The molecule has 3 atom stereocenters. The number of carbonyl (C=O) groups excluding carboxylic acids is 1. The number of nitrogen functional groups attached to an aromatic ring is 1. The summed E-state index contributed by atoms with van der Waals surface area (Å²) in [5.41, 5.74) is 7.47. The van der Waals surface area contributed by atoms with Crippen molar-refractivity contribution in [2.24, 2.45) is 0 Å². The second-order valence-electron chi connectivity index (χ2n) is 10.6. The monoisotopic (exact) mass is 563 g/mol. The summed E-state index contributed by atoms with van der Waals surface area (Å²) in [5, 5.41) is 11.7. The number of hydrogen-bond acceptors (Lipinski definition) is 5. The zero-order valence-electron chi connectivity index (χ0n) is 21.8. The molecule has 0 unspecified atom stereocenters. The first-order valence-electron chi connectivity index (χ1n) is 13.2. The highest BCUT2D eigenvalue weighted by Gasteiger charge is 2.35. The van der Waals surface area contributed by atoms with Gasteiger partial charge in [-0.15, -0.1) is 0 Å². The van der Waals surface area contributed by atoms with E-state index in [0.717, 1.165) is 18.4 Å². The fourth-order valence-corrected chi connectivity index (χ4v) is 6.06. The van der Waals surface area contributed by atoms with E-state index >= 15 is 0 Å². The molecule has 0 saturated carbocycles. The molecule has 1 fully saturated rings.